The van der Waals surface area contributed by atoms with Crippen LogP contribution in [-0.4, -0.2) is 37.2 Å². The Balaban J connectivity index is 4.57. The molecule has 0 fully saturated rings. The van der Waals surface area contributed by atoms with Gasteiger partial charge in [0.1, 0.15) is 13.2 Å². The van der Waals surface area contributed by atoms with E-state index >= 15 is 0 Å². The van der Waals surface area contributed by atoms with Crippen molar-refractivity contribution in [1.82, 2.24) is 0 Å². The molecule has 0 saturated heterocycles. The van der Waals surface area contributed by atoms with Crippen molar-refractivity contribution in [2.45, 2.75) is 213 Å². The van der Waals surface area contributed by atoms with Crippen LogP contribution in [0.5, 0.6) is 0 Å². The third-order valence-corrected chi connectivity index (χ3v) is 10.2. The van der Waals surface area contributed by atoms with Crippen molar-refractivity contribution in [2.24, 2.45) is 0 Å². The molecule has 0 aliphatic carbocycles. The van der Waals surface area contributed by atoms with Crippen LogP contribution in [0.3, 0.4) is 0 Å². The van der Waals surface area contributed by atoms with Crippen molar-refractivity contribution in [3.63, 3.8) is 0 Å². The number of hydrogen-bond acceptors (Lipinski definition) is 6. The maximum atomic E-state index is 12.7. The molecular weight excluding hydrogens is 793 g/mol. The number of carbonyl (C=O) groups excluding carboxylic acids is 3. The summed E-state index contributed by atoms with van der Waals surface area (Å²) < 4.78 is 16.6. The Morgan fingerprint density at radius 2 is 0.656 bits per heavy atom. The molecule has 0 saturated carbocycles. The second kappa shape index (κ2) is 51.4. The average Bonchev–Trinajstić information content (AvgIpc) is 3.29. The van der Waals surface area contributed by atoms with E-state index in [1.807, 2.05) is 6.08 Å². The van der Waals surface area contributed by atoms with Crippen LogP contribution in [-0.2, 0) is 28.6 Å². The first-order valence-electron chi connectivity index (χ1n) is 25.5. The maximum absolute atomic E-state index is 12.7. The minimum absolute atomic E-state index is 0.0860. The minimum Gasteiger partial charge on any atom is -0.462 e. The van der Waals surface area contributed by atoms with Gasteiger partial charge in [0, 0.05) is 12.8 Å². The van der Waals surface area contributed by atoms with Crippen molar-refractivity contribution in [2.75, 3.05) is 13.2 Å². The van der Waals surface area contributed by atoms with E-state index in [2.05, 4.69) is 130 Å². The van der Waals surface area contributed by atoms with Crippen LogP contribution in [0.15, 0.2) is 122 Å². The van der Waals surface area contributed by atoms with Crippen LogP contribution in [0.4, 0.5) is 0 Å². The van der Waals surface area contributed by atoms with Gasteiger partial charge < -0.3 is 14.2 Å². The van der Waals surface area contributed by atoms with Crippen LogP contribution >= 0.6 is 0 Å². The van der Waals surface area contributed by atoms with Gasteiger partial charge in [0.2, 0.25) is 0 Å². The molecule has 1 atom stereocenters. The molecule has 360 valence electrons. The first-order chi connectivity index (χ1) is 31.5. The van der Waals surface area contributed by atoms with Crippen molar-refractivity contribution in [1.29, 1.82) is 0 Å². The predicted octanol–water partition coefficient (Wildman–Crippen LogP) is 16.9. The standard InChI is InChI=1S/C58H92O6/c1-4-7-10-13-16-19-22-25-27-28-29-30-32-33-36-39-42-45-48-51-57(60)63-54-55(53-62-56(59)50-47-44-41-38-35-24-21-18-15-12-9-6-3)64-58(61)52-49-46-43-40-37-34-31-26-23-20-17-14-11-8-5-2/h7-8,10-11,16-17,19-20,25-27,29-31,33,36-37,40,46,49,55H,4-6,9,12-15,18,21-24,28,32,34-35,38-39,41-45,47-48,50-54H2,1-3H3/b10-7-,11-8-,19-16-,20-17-,27-25-,30-29-,31-26-,36-33-,40-37-,49-46-. The molecule has 0 heterocycles. The van der Waals surface area contributed by atoms with Gasteiger partial charge in [0.25, 0.3) is 0 Å². The van der Waals surface area contributed by atoms with Gasteiger partial charge in [-0.2, -0.15) is 0 Å². The van der Waals surface area contributed by atoms with Crippen molar-refractivity contribution < 1.29 is 28.6 Å². The molecule has 0 aliphatic rings. The van der Waals surface area contributed by atoms with E-state index in [1.54, 1.807) is 6.08 Å². The Hall–Kier alpha value is -4.19. The Bertz CT molecular complexity index is 1390. The Morgan fingerprint density at radius 1 is 0.344 bits per heavy atom. The molecule has 0 bridgehead atoms. The van der Waals surface area contributed by atoms with Crippen LogP contribution in [0.2, 0.25) is 0 Å². The molecule has 64 heavy (non-hydrogen) atoms. The van der Waals surface area contributed by atoms with Gasteiger partial charge >= 0.3 is 17.9 Å². The fraction of sp³-hybridized carbons (Fsp3) is 0.603. The van der Waals surface area contributed by atoms with E-state index in [0.29, 0.717) is 19.3 Å². The lowest BCUT2D eigenvalue weighted by Gasteiger charge is -2.18. The highest BCUT2D eigenvalue weighted by molar-refractivity contribution is 5.72. The summed E-state index contributed by atoms with van der Waals surface area (Å²) in [7, 11) is 0. The molecule has 6 nitrogen and oxygen atoms in total. The monoisotopic (exact) mass is 885 g/mol. The minimum atomic E-state index is -0.847. The van der Waals surface area contributed by atoms with E-state index in [0.717, 1.165) is 103 Å². The summed E-state index contributed by atoms with van der Waals surface area (Å²) in [6.45, 7) is 6.27. The molecule has 0 amide bonds. The van der Waals surface area contributed by atoms with Gasteiger partial charge in [-0.3, -0.25) is 14.4 Å². The van der Waals surface area contributed by atoms with E-state index in [9.17, 15) is 14.4 Å². The molecular formula is C58H92O6. The third kappa shape index (κ3) is 48.8. The summed E-state index contributed by atoms with van der Waals surface area (Å²) in [5.74, 6) is -1.10. The highest BCUT2D eigenvalue weighted by atomic mass is 16.6. The molecule has 6 heteroatoms. The summed E-state index contributed by atoms with van der Waals surface area (Å²) >= 11 is 0. The van der Waals surface area contributed by atoms with Crippen molar-refractivity contribution in [3.05, 3.63) is 122 Å². The highest BCUT2D eigenvalue weighted by Gasteiger charge is 2.19. The molecule has 1 unspecified atom stereocenters. The molecule has 0 N–H and O–H groups in total. The number of ether oxygens (including phenoxy) is 3. The third-order valence-electron chi connectivity index (χ3n) is 10.2. The van der Waals surface area contributed by atoms with Gasteiger partial charge in [-0.25, -0.2) is 0 Å². The molecule has 0 aromatic rings. The second-order valence-corrected chi connectivity index (χ2v) is 16.3. The SMILES string of the molecule is CC/C=C\C/C=C\C/C=C\C/C=C\C/C=C\CCCCCC(=O)OCC(COC(=O)CCCCCCCCCCCCCC)OC(=O)C/C=C\C/C=C\C/C=C\C/C=C\C/C=C\CC. The Labute approximate surface area is 392 Å². The van der Waals surface area contributed by atoms with Gasteiger partial charge in [-0.05, 0) is 89.9 Å². The molecule has 0 rings (SSSR count). The number of carbonyl (C=O) groups is 3. The van der Waals surface area contributed by atoms with E-state index in [1.165, 1.54) is 57.8 Å². The lowest BCUT2D eigenvalue weighted by atomic mass is 10.0. The second-order valence-electron chi connectivity index (χ2n) is 16.3. The Morgan fingerprint density at radius 3 is 1.03 bits per heavy atom. The Kier molecular flexibility index (Phi) is 48.1. The fourth-order valence-corrected chi connectivity index (χ4v) is 6.48. The zero-order valence-corrected chi connectivity index (χ0v) is 41.0. The lowest BCUT2D eigenvalue weighted by molar-refractivity contribution is -0.166. The van der Waals surface area contributed by atoms with Gasteiger partial charge in [-0.15, -0.1) is 0 Å². The summed E-state index contributed by atoms with van der Waals surface area (Å²) in [6.07, 6.45) is 70.6. The maximum Gasteiger partial charge on any atom is 0.310 e. The number of unbranched alkanes of at least 4 members (excludes halogenated alkanes) is 14. The fourth-order valence-electron chi connectivity index (χ4n) is 6.48. The zero-order valence-electron chi connectivity index (χ0n) is 41.0. The smallest absolute Gasteiger partial charge is 0.310 e. The molecule has 0 aromatic carbocycles. The number of esters is 3. The van der Waals surface area contributed by atoms with E-state index in [4.69, 9.17) is 14.2 Å². The molecule has 0 spiro atoms. The first-order valence-corrected chi connectivity index (χ1v) is 25.5. The van der Waals surface area contributed by atoms with Crippen LogP contribution in [0, 0.1) is 0 Å². The number of allylic oxidation sites excluding steroid dienone is 19. The van der Waals surface area contributed by atoms with E-state index in [-0.39, 0.29) is 31.6 Å². The van der Waals surface area contributed by atoms with Crippen LogP contribution < -0.4 is 0 Å². The lowest BCUT2D eigenvalue weighted by Crippen LogP contribution is -2.30. The van der Waals surface area contributed by atoms with Gasteiger partial charge in [-0.1, -0.05) is 219 Å². The summed E-state index contributed by atoms with van der Waals surface area (Å²) in [4.78, 5) is 37.9. The van der Waals surface area contributed by atoms with Crippen molar-refractivity contribution >= 4 is 17.9 Å². The summed E-state index contributed by atoms with van der Waals surface area (Å²) in [6, 6.07) is 0. The quantitative estimate of drug-likeness (QED) is 0.0262. The van der Waals surface area contributed by atoms with Crippen LogP contribution in [0.1, 0.15) is 207 Å². The molecule has 0 radical (unpaired) electrons. The number of hydrogen-bond donors (Lipinski definition) is 0. The molecule has 0 aromatic heterocycles. The van der Waals surface area contributed by atoms with Gasteiger partial charge in [0.15, 0.2) is 6.10 Å². The van der Waals surface area contributed by atoms with Crippen LogP contribution in [0.25, 0.3) is 0 Å². The highest BCUT2D eigenvalue weighted by Crippen LogP contribution is 2.13. The normalized spacial score (nSPS) is 13.1. The van der Waals surface area contributed by atoms with Crippen molar-refractivity contribution in [3.8, 4) is 0 Å². The summed E-state index contributed by atoms with van der Waals surface area (Å²) in [5.41, 5.74) is 0. The van der Waals surface area contributed by atoms with E-state index < -0.39 is 12.1 Å². The average molecular weight is 885 g/mol. The number of rotatable bonds is 44. The molecule has 0 aliphatic heterocycles. The summed E-state index contributed by atoms with van der Waals surface area (Å²) in [5, 5.41) is 0. The zero-order chi connectivity index (χ0) is 46.5. The first kappa shape index (κ1) is 59.8. The van der Waals surface area contributed by atoms with Gasteiger partial charge in [0.05, 0.1) is 6.42 Å². The predicted molar refractivity (Wildman–Crippen MR) is 274 cm³/mol. The largest absolute Gasteiger partial charge is 0.462 e. The topological polar surface area (TPSA) is 78.9 Å².